The molecule has 1 aliphatic rings. The van der Waals surface area contributed by atoms with Crippen LogP contribution in [0.4, 0.5) is 11.4 Å². The molecule has 0 atom stereocenters. The molecule has 1 aromatic carbocycles. The summed E-state index contributed by atoms with van der Waals surface area (Å²) in [5.74, 6) is 0. The first-order chi connectivity index (χ1) is 8.60. The van der Waals surface area contributed by atoms with Crippen LogP contribution >= 0.6 is 0 Å². The third-order valence-corrected chi connectivity index (χ3v) is 4.85. The fraction of sp³-hybridized carbons (Fsp3) is 0.625. The molecule has 1 aromatic rings. The molecule has 1 saturated heterocycles. The van der Waals surface area contributed by atoms with Gasteiger partial charge in [0.2, 0.25) is 0 Å². The highest BCUT2D eigenvalue weighted by atomic mass is 15.1. The lowest BCUT2D eigenvalue weighted by atomic mass is 9.74. The van der Waals surface area contributed by atoms with Crippen LogP contribution in [0.25, 0.3) is 0 Å². The molecule has 0 bridgehead atoms. The van der Waals surface area contributed by atoms with E-state index < -0.39 is 0 Å². The number of hydrogen-bond acceptors (Lipinski definition) is 2. The van der Waals surface area contributed by atoms with E-state index in [0.717, 1.165) is 18.8 Å². The number of nitrogens with zero attached hydrogens (tertiary/aromatic N) is 1. The van der Waals surface area contributed by atoms with Crippen molar-refractivity contribution < 1.29 is 0 Å². The van der Waals surface area contributed by atoms with E-state index in [1.54, 1.807) is 0 Å². The minimum absolute atomic E-state index is 0.579. The second-order valence-corrected chi connectivity index (χ2v) is 5.76. The van der Waals surface area contributed by atoms with E-state index in [0.29, 0.717) is 5.41 Å². The predicted molar refractivity (Wildman–Crippen MR) is 80.1 cm³/mol. The fourth-order valence-electron chi connectivity index (χ4n) is 3.14. The molecule has 0 radical (unpaired) electrons. The zero-order chi connectivity index (χ0) is 13.2. The quantitative estimate of drug-likeness (QED) is 0.817. The van der Waals surface area contributed by atoms with Gasteiger partial charge in [-0.15, -0.1) is 0 Å². The number of rotatable bonds is 3. The lowest BCUT2D eigenvalue weighted by molar-refractivity contribution is 0.199. The normalized spacial score (nSPS) is 18.9. The molecule has 1 fully saturated rings. The second-order valence-electron chi connectivity index (χ2n) is 5.76. The summed E-state index contributed by atoms with van der Waals surface area (Å²) in [5.41, 5.74) is 10.1. The van der Waals surface area contributed by atoms with E-state index in [1.165, 1.54) is 36.9 Å². The summed E-state index contributed by atoms with van der Waals surface area (Å²) in [6.45, 7) is 9.05. The monoisotopic (exact) mass is 246 g/mol. The Balaban J connectivity index is 2.10. The Morgan fingerprint density at radius 3 is 2.28 bits per heavy atom. The molecule has 0 spiro atoms. The second kappa shape index (κ2) is 5.21. The lowest BCUT2D eigenvalue weighted by Crippen LogP contribution is -2.39. The van der Waals surface area contributed by atoms with Crippen molar-refractivity contribution in [2.75, 3.05) is 23.7 Å². The molecule has 0 aromatic heterocycles. The zero-order valence-electron chi connectivity index (χ0n) is 12.0. The summed E-state index contributed by atoms with van der Waals surface area (Å²) >= 11 is 0. The molecule has 0 unspecified atom stereocenters. The van der Waals surface area contributed by atoms with Gasteiger partial charge in [0.1, 0.15) is 0 Å². The Bertz CT molecular complexity index is 398. The number of anilines is 2. The van der Waals surface area contributed by atoms with Gasteiger partial charge in [0.05, 0.1) is 11.4 Å². The van der Waals surface area contributed by atoms with Gasteiger partial charge in [-0.3, -0.25) is 0 Å². The SMILES string of the molecule is CCC1(CC)CCN(c2ccc(C)cc2N)CC1. The number of aryl methyl sites for hydroxylation is 1. The van der Waals surface area contributed by atoms with Gasteiger partial charge in [0.25, 0.3) is 0 Å². The van der Waals surface area contributed by atoms with Gasteiger partial charge in [-0.2, -0.15) is 0 Å². The molecule has 2 heteroatoms. The highest BCUT2D eigenvalue weighted by molar-refractivity contribution is 5.68. The van der Waals surface area contributed by atoms with Crippen LogP contribution in [0.1, 0.15) is 45.1 Å². The summed E-state index contributed by atoms with van der Waals surface area (Å²) in [4.78, 5) is 2.46. The van der Waals surface area contributed by atoms with Crippen LogP contribution in [0, 0.1) is 12.3 Å². The van der Waals surface area contributed by atoms with Crippen LogP contribution in [-0.2, 0) is 0 Å². The van der Waals surface area contributed by atoms with E-state index in [9.17, 15) is 0 Å². The van der Waals surface area contributed by atoms with Crippen molar-refractivity contribution in [2.45, 2.75) is 46.5 Å². The Hall–Kier alpha value is -1.18. The summed E-state index contributed by atoms with van der Waals surface area (Å²) in [5, 5.41) is 0. The maximum Gasteiger partial charge on any atom is 0.0600 e. The van der Waals surface area contributed by atoms with E-state index >= 15 is 0 Å². The first-order valence-corrected chi connectivity index (χ1v) is 7.21. The van der Waals surface area contributed by atoms with Crippen LogP contribution in [-0.4, -0.2) is 13.1 Å². The molecule has 100 valence electrons. The first kappa shape index (κ1) is 13.3. The van der Waals surface area contributed by atoms with Crippen LogP contribution in [0.15, 0.2) is 18.2 Å². The van der Waals surface area contributed by atoms with Crippen molar-refractivity contribution in [1.29, 1.82) is 0 Å². The first-order valence-electron chi connectivity index (χ1n) is 7.21. The van der Waals surface area contributed by atoms with Crippen molar-refractivity contribution in [3.05, 3.63) is 23.8 Å². The zero-order valence-corrected chi connectivity index (χ0v) is 12.0. The van der Waals surface area contributed by atoms with Gasteiger partial charge in [-0.1, -0.05) is 32.8 Å². The van der Waals surface area contributed by atoms with Gasteiger partial charge < -0.3 is 10.6 Å². The molecular weight excluding hydrogens is 220 g/mol. The molecule has 1 aliphatic heterocycles. The smallest absolute Gasteiger partial charge is 0.0600 e. The molecule has 2 rings (SSSR count). The maximum atomic E-state index is 6.14. The van der Waals surface area contributed by atoms with E-state index in [4.69, 9.17) is 5.73 Å². The largest absolute Gasteiger partial charge is 0.397 e. The van der Waals surface area contributed by atoms with Crippen molar-refractivity contribution >= 4 is 11.4 Å². The standard InChI is InChI=1S/C16H26N2/c1-4-16(5-2)8-10-18(11-9-16)15-7-6-13(3)12-14(15)17/h6-7,12H,4-5,8-11,17H2,1-3H3. The van der Waals surface area contributed by atoms with Gasteiger partial charge in [-0.05, 0) is 42.9 Å². The van der Waals surface area contributed by atoms with Crippen LogP contribution in [0.2, 0.25) is 0 Å². The van der Waals surface area contributed by atoms with E-state index in [-0.39, 0.29) is 0 Å². The Labute approximate surface area is 111 Å². The number of piperidine rings is 1. The fourth-order valence-corrected chi connectivity index (χ4v) is 3.14. The van der Waals surface area contributed by atoms with Crippen molar-refractivity contribution in [2.24, 2.45) is 5.41 Å². The lowest BCUT2D eigenvalue weighted by Gasteiger charge is -2.42. The molecule has 18 heavy (non-hydrogen) atoms. The molecule has 2 nitrogen and oxygen atoms in total. The molecule has 0 aliphatic carbocycles. The minimum atomic E-state index is 0.579. The number of hydrogen-bond donors (Lipinski definition) is 1. The van der Waals surface area contributed by atoms with Crippen molar-refractivity contribution in [1.82, 2.24) is 0 Å². The van der Waals surface area contributed by atoms with E-state index in [1.807, 2.05) is 0 Å². The van der Waals surface area contributed by atoms with Gasteiger partial charge >= 0.3 is 0 Å². The summed E-state index contributed by atoms with van der Waals surface area (Å²) in [7, 11) is 0. The average Bonchev–Trinajstić information content (AvgIpc) is 2.39. The topological polar surface area (TPSA) is 29.3 Å². The predicted octanol–water partition coefficient (Wildman–Crippen LogP) is 3.98. The average molecular weight is 246 g/mol. The minimum Gasteiger partial charge on any atom is -0.397 e. The van der Waals surface area contributed by atoms with Crippen LogP contribution in [0.3, 0.4) is 0 Å². The molecule has 1 heterocycles. The highest BCUT2D eigenvalue weighted by Crippen LogP contribution is 2.40. The summed E-state index contributed by atoms with van der Waals surface area (Å²) in [6.07, 6.45) is 5.21. The van der Waals surface area contributed by atoms with Crippen molar-refractivity contribution in [3.63, 3.8) is 0 Å². The molecular formula is C16H26N2. The highest BCUT2D eigenvalue weighted by Gasteiger charge is 2.31. The number of nitrogens with two attached hydrogens (primary N) is 1. The molecule has 0 saturated carbocycles. The van der Waals surface area contributed by atoms with Gasteiger partial charge in [0, 0.05) is 13.1 Å². The summed E-state index contributed by atoms with van der Waals surface area (Å²) < 4.78 is 0. The number of benzene rings is 1. The van der Waals surface area contributed by atoms with Crippen molar-refractivity contribution in [3.8, 4) is 0 Å². The Morgan fingerprint density at radius 2 is 1.78 bits per heavy atom. The molecule has 2 N–H and O–H groups in total. The third kappa shape index (κ3) is 2.47. The maximum absolute atomic E-state index is 6.14. The Morgan fingerprint density at radius 1 is 1.17 bits per heavy atom. The molecule has 0 amide bonds. The summed E-state index contributed by atoms with van der Waals surface area (Å²) in [6, 6.07) is 6.42. The van der Waals surface area contributed by atoms with Crippen LogP contribution < -0.4 is 10.6 Å². The Kier molecular flexibility index (Phi) is 3.84. The van der Waals surface area contributed by atoms with Gasteiger partial charge in [0.15, 0.2) is 0 Å². The van der Waals surface area contributed by atoms with Gasteiger partial charge in [-0.25, -0.2) is 0 Å². The van der Waals surface area contributed by atoms with E-state index in [2.05, 4.69) is 43.9 Å². The third-order valence-electron chi connectivity index (χ3n) is 4.85. The van der Waals surface area contributed by atoms with Crippen LogP contribution in [0.5, 0.6) is 0 Å². The number of nitrogen functional groups attached to an aromatic ring is 1.